The van der Waals surface area contributed by atoms with E-state index in [0.717, 1.165) is 45.1 Å². The smallest absolute Gasteiger partial charge is 0.490 e. The van der Waals surface area contributed by atoms with Crippen molar-refractivity contribution in [1.29, 1.82) is 0 Å². The molecule has 0 aromatic heterocycles. The van der Waals surface area contributed by atoms with Crippen LogP contribution in [-0.4, -0.2) is 74.6 Å². The Morgan fingerprint density at radius 2 is 1.71 bits per heavy atom. The molecule has 6 nitrogen and oxygen atoms in total. The average Bonchev–Trinajstić information content (AvgIpc) is 3.34. The van der Waals surface area contributed by atoms with E-state index < -0.39 is 12.1 Å². The number of hydrogen-bond acceptors (Lipinski definition) is 5. The molecule has 0 unspecified atom stereocenters. The van der Waals surface area contributed by atoms with Gasteiger partial charge in [0.2, 0.25) is 0 Å². The molecule has 0 amide bonds. The zero-order chi connectivity index (χ0) is 24.6. The summed E-state index contributed by atoms with van der Waals surface area (Å²) in [5.74, 6) is -1.76. The number of rotatable bonds is 6. The molecule has 2 aliphatic heterocycles. The topological polar surface area (TPSA) is 65.0 Å². The second-order valence-electron chi connectivity index (χ2n) is 8.43. The van der Waals surface area contributed by atoms with Crippen LogP contribution in [0.25, 0.3) is 11.1 Å². The van der Waals surface area contributed by atoms with Crippen molar-refractivity contribution in [2.45, 2.75) is 25.9 Å². The van der Waals surface area contributed by atoms with E-state index in [4.69, 9.17) is 14.6 Å². The fraction of sp³-hybridized carbons (Fsp3) is 0.480. The van der Waals surface area contributed by atoms with Gasteiger partial charge in [-0.2, -0.15) is 13.2 Å². The summed E-state index contributed by atoms with van der Waals surface area (Å²) < 4.78 is 37.9. The summed E-state index contributed by atoms with van der Waals surface area (Å²) in [4.78, 5) is 13.9. The summed E-state index contributed by atoms with van der Waals surface area (Å²) in [5.41, 5.74) is 5.12. The number of benzene rings is 2. The molecule has 2 fully saturated rings. The number of para-hydroxylation sites is 1. The highest BCUT2D eigenvalue weighted by Gasteiger charge is 2.38. The van der Waals surface area contributed by atoms with Crippen LogP contribution in [0.2, 0.25) is 0 Å². The number of anilines is 1. The van der Waals surface area contributed by atoms with E-state index in [1.165, 1.54) is 48.3 Å². The SMILES string of the molecule is Cc1ccc(-c2ccccc2OCCN2CCCC2)cc1N1CCNCC1.O=C(O)C(F)(F)F. The first-order valence-electron chi connectivity index (χ1n) is 11.6. The molecule has 2 aromatic rings. The molecule has 0 atom stereocenters. The number of piperazine rings is 1. The van der Waals surface area contributed by atoms with Gasteiger partial charge in [-0.05, 0) is 56.1 Å². The second-order valence-corrected chi connectivity index (χ2v) is 8.43. The number of nitrogens with zero attached hydrogens (tertiary/aromatic N) is 2. The molecule has 2 heterocycles. The molecule has 9 heteroatoms. The Bertz CT molecular complexity index is 940. The van der Waals surface area contributed by atoms with Gasteiger partial charge in [0, 0.05) is 44.0 Å². The van der Waals surface area contributed by atoms with Gasteiger partial charge >= 0.3 is 12.1 Å². The lowest BCUT2D eigenvalue weighted by Gasteiger charge is -2.31. The van der Waals surface area contributed by atoms with E-state index >= 15 is 0 Å². The number of carboxylic acids is 1. The third-order valence-corrected chi connectivity index (χ3v) is 5.97. The molecule has 2 aromatic carbocycles. The highest BCUT2D eigenvalue weighted by Crippen LogP contribution is 2.34. The normalized spacial score (nSPS) is 16.6. The molecule has 2 saturated heterocycles. The molecule has 0 aliphatic carbocycles. The van der Waals surface area contributed by atoms with Gasteiger partial charge in [-0.15, -0.1) is 0 Å². The molecule has 2 aliphatic rings. The summed E-state index contributed by atoms with van der Waals surface area (Å²) in [6.45, 7) is 10.7. The predicted octanol–water partition coefficient (Wildman–Crippen LogP) is 4.18. The van der Waals surface area contributed by atoms with Gasteiger partial charge in [0.05, 0.1) is 0 Å². The lowest BCUT2D eigenvalue weighted by molar-refractivity contribution is -0.192. The van der Waals surface area contributed by atoms with Crippen molar-refractivity contribution < 1.29 is 27.8 Å². The Balaban J connectivity index is 0.000000406. The van der Waals surface area contributed by atoms with Crippen LogP contribution < -0.4 is 15.0 Å². The number of hydrogen-bond donors (Lipinski definition) is 2. The number of halogens is 3. The Morgan fingerprint density at radius 1 is 1.06 bits per heavy atom. The molecule has 2 N–H and O–H groups in total. The zero-order valence-corrected chi connectivity index (χ0v) is 19.4. The van der Waals surface area contributed by atoms with Crippen LogP contribution in [0.15, 0.2) is 42.5 Å². The van der Waals surface area contributed by atoms with Crippen molar-refractivity contribution in [3.8, 4) is 16.9 Å². The summed E-state index contributed by atoms with van der Waals surface area (Å²) in [6, 6.07) is 15.3. The monoisotopic (exact) mass is 479 g/mol. The Labute approximate surface area is 198 Å². The molecular formula is C25H32F3N3O3. The number of carboxylic acid groups (broad SMARTS) is 1. The maximum Gasteiger partial charge on any atom is 0.490 e. The lowest BCUT2D eigenvalue weighted by Crippen LogP contribution is -2.43. The fourth-order valence-electron chi connectivity index (χ4n) is 4.15. The zero-order valence-electron chi connectivity index (χ0n) is 19.4. The van der Waals surface area contributed by atoms with Gasteiger partial charge in [0.15, 0.2) is 0 Å². The summed E-state index contributed by atoms with van der Waals surface area (Å²) >= 11 is 0. The number of likely N-dealkylation sites (tertiary alicyclic amines) is 1. The van der Waals surface area contributed by atoms with Gasteiger partial charge in [0.25, 0.3) is 0 Å². The molecule has 0 saturated carbocycles. The minimum absolute atomic E-state index is 0.757. The highest BCUT2D eigenvalue weighted by molar-refractivity contribution is 5.75. The molecular weight excluding hydrogens is 447 g/mol. The van der Waals surface area contributed by atoms with Gasteiger partial charge < -0.3 is 20.1 Å². The lowest BCUT2D eigenvalue weighted by atomic mass is 10.0. The second kappa shape index (κ2) is 12.1. The predicted molar refractivity (Wildman–Crippen MR) is 127 cm³/mol. The van der Waals surface area contributed by atoms with Gasteiger partial charge in [-0.3, -0.25) is 4.90 Å². The van der Waals surface area contributed by atoms with Crippen LogP contribution in [0.5, 0.6) is 5.75 Å². The number of ether oxygens (including phenoxy) is 1. The van der Waals surface area contributed by atoms with E-state index in [1.807, 2.05) is 0 Å². The van der Waals surface area contributed by atoms with E-state index in [1.54, 1.807) is 0 Å². The first-order chi connectivity index (χ1) is 16.3. The van der Waals surface area contributed by atoms with Crippen LogP contribution >= 0.6 is 0 Å². The number of carbonyl (C=O) groups is 1. The third-order valence-electron chi connectivity index (χ3n) is 5.97. The maximum absolute atomic E-state index is 10.6. The molecule has 0 bridgehead atoms. The fourth-order valence-corrected chi connectivity index (χ4v) is 4.15. The minimum atomic E-state index is -5.08. The van der Waals surface area contributed by atoms with Crippen LogP contribution in [0.3, 0.4) is 0 Å². The van der Waals surface area contributed by atoms with Crippen LogP contribution in [-0.2, 0) is 4.79 Å². The Morgan fingerprint density at radius 3 is 2.35 bits per heavy atom. The van der Waals surface area contributed by atoms with Crippen molar-refractivity contribution >= 4 is 11.7 Å². The van der Waals surface area contributed by atoms with Crippen LogP contribution in [0.4, 0.5) is 18.9 Å². The van der Waals surface area contributed by atoms with Gasteiger partial charge in [-0.25, -0.2) is 4.79 Å². The quantitative estimate of drug-likeness (QED) is 0.648. The maximum atomic E-state index is 10.6. The van der Waals surface area contributed by atoms with Gasteiger partial charge in [-0.1, -0.05) is 30.3 Å². The molecule has 34 heavy (non-hydrogen) atoms. The van der Waals surface area contributed by atoms with E-state index in [0.29, 0.717) is 0 Å². The largest absolute Gasteiger partial charge is 0.492 e. The number of nitrogens with one attached hydrogen (secondary N) is 1. The van der Waals surface area contributed by atoms with Crippen molar-refractivity contribution in [3.63, 3.8) is 0 Å². The number of aliphatic carboxylic acids is 1. The Hall–Kier alpha value is -2.78. The Kier molecular flexibility index (Phi) is 9.18. The van der Waals surface area contributed by atoms with E-state index in [2.05, 4.69) is 64.5 Å². The van der Waals surface area contributed by atoms with E-state index in [-0.39, 0.29) is 0 Å². The molecule has 0 radical (unpaired) electrons. The van der Waals surface area contributed by atoms with Crippen LogP contribution in [0, 0.1) is 6.92 Å². The van der Waals surface area contributed by atoms with Gasteiger partial charge in [0.1, 0.15) is 12.4 Å². The van der Waals surface area contributed by atoms with Crippen LogP contribution in [0.1, 0.15) is 18.4 Å². The number of aryl methyl sites for hydroxylation is 1. The van der Waals surface area contributed by atoms with Crippen molar-refractivity contribution in [3.05, 3.63) is 48.0 Å². The van der Waals surface area contributed by atoms with Crippen molar-refractivity contribution in [2.75, 3.05) is 57.3 Å². The molecule has 186 valence electrons. The minimum Gasteiger partial charge on any atom is -0.492 e. The highest BCUT2D eigenvalue weighted by atomic mass is 19.4. The third kappa shape index (κ3) is 7.36. The summed E-state index contributed by atoms with van der Waals surface area (Å²) in [7, 11) is 0. The summed E-state index contributed by atoms with van der Waals surface area (Å²) in [5, 5.41) is 10.6. The first kappa shape index (κ1) is 25.8. The molecule has 0 spiro atoms. The van der Waals surface area contributed by atoms with Crippen molar-refractivity contribution in [2.24, 2.45) is 0 Å². The average molecular weight is 480 g/mol. The van der Waals surface area contributed by atoms with Crippen molar-refractivity contribution in [1.82, 2.24) is 10.2 Å². The summed E-state index contributed by atoms with van der Waals surface area (Å²) in [6.07, 6.45) is -2.43. The molecule has 4 rings (SSSR count). The van der Waals surface area contributed by atoms with E-state index in [9.17, 15) is 13.2 Å². The standard InChI is InChI=1S/C23H31N3O.C2HF3O2/c1-19-8-9-20(18-22(19)26-14-10-24-11-15-26)21-6-2-3-7-23(21)27-17-16-25-12-4-5-13-25;3-2(4,5)1(6)7/h2-3,6-9,18,24H,4-5,10-17H2,1H3;(H,6,7). The number of alkyl halides is 3. The first-order valence-corrected chi connectivity index (χ1v) is 11.6.